The quantitative estimate of drug-likeness (QED) is 0.150. The molecule has 0 aliphatic heterocycles. The summed E-state index contributed by atoms with van der Waals surface area (Å²) in [5.74, 6) is 0. The maximum atomic E-state index is 6.91. The summed E-state index contributed by atoms with van der Waals surface area (Å²) < 4.78 is 6.91. The van der Waals surface area contributed by atoms with Crippen LogP contribution in [0.5, 0.6) is 0 Å². The van der Waals surface area contributed by atoms with Crippen molar-refractivity contribution in [2.45, 2.75) is 0 Å². The van der Waals surface area contributed by atoms with Crippen LogP contribution in [0.25, 0.3) is 98.8 Å². The summed E-state index contributed by atoms with van der Waals surface area (Å²) in [5.41, 5.74) is 14.2. The highest BCUT2D eigenvalue weighted by molar-refractivity contribution is 6.18. The second-order valence-corrected chi connectivity index (χ2v) is 16.1. The fourth-order valence-corrected chi connectivity index (χ4v) is 9.42. The van der Waals surface area contributed by atoms with Crippen LogP contribution in [0, 0.1) is 0 Å². The van der Waals surface area contributed by atoms with Gasteiger partial charge in [0.15, 0.2) is 0 Å². The number of hydrogen-bond donors (Lipinski definition) is 0. The van der Waals surface area contributed by atoms with Gasteiger partial charge in [-0.15, -0.1) is 0 Å². The lowest BCUT2D eigenvalue weighted by atomic mass is 9.93. The minimum atomic E-state index is 0.862. The fraction of sp³-hybridized carbons (Fsp3) is 0. The Labute approximate surface area is 360 Å². The third-order valence-electron chi connectivity index (χ3n) is 12.4. The number of hydrogen-bond acceptors (Lipinski definition) is 2. The molecule has 0 aliphatic rings. The van der Waals surface area contributed by atoms with Crippen LogP contribution in [0.4, 0.5) is 17.1 Å². The Bertz CT molecular complexity index is 3640. The van der Waals surface area contributed by atoms with Gasteiger partial charge in [0.1, 0.15) is 11.2 Å². The number of para-hydroxylation sites is 1. The smallest absolute Gasteiger partial charge is 0.145 e. The molecule has 0 N–H and O–H groups in total. The van der Waals surface area contributed by atoms with Crippen LogP contribution in [-0.2, 0) is 0 Å². The fourth-order valence-electron chi connectivity index (χ4n) is 9.42. The van der Waals surface area contributed by atoms with E-state index < -0.39 is 0 Å². The van der Waals surface area contributed by atoms with Gasteiger partial charge in [-0.05, 0) is 126 Å². The highest BCUT2D eigenvalue weighted by Gasteiger charge is 2.23. The van der Waals surface area contributed by atoms with Crippen LogP contribution in [0.3, 0.4) is 0 Å². The van der Waals surface area contributed by atoms with Crippen molar-refractivity contribution >= 4 is 71.3 Å². The molecule has 12 rings (SSSR count). The Kier molecular flexibility index (Phi) is 8.53. The molecule has 12 aromatic rings. The molecule has 0 atom stereocenters. The third kappa shape index (κ3) is 6.12. The molecular weight excluding hydrogens is 751 g/mol. The van der Waals surface area contributed by atoms with Crippen LogP contribution < -0.4 is 4.90 Å². The Morgan fingerprint density at radius 3 is 1.63 bits per heavy atom. The lowest BCUT2D eigenvalue weighted by Crippen LogP contribution is -2.11. The van der Waals surface area contributed by atoms with Crippen LogP contribution in [0.2, 0.25) is 0 Å². The van der Waals surface area contributed by atoms with Crippen LogP contribution in [0.1, 0.15) is 0 Å². The maximum Gasteiger partial charge on any atom is 0.145 e. The number of furan rings is 1. The molecule has 62 heavy (non-hydrogen) atoms. The summed E-state index contributed by atoms with van der Waals surface area (Å²) >= 11 is 0. The van der Waals surface area contributed by atoms with Crippen molar-refractivity contribution in [3.05, 3.63) is 237 Å². The maximum absolute atomic E-state index is 6.91. The molecule has 0 fully saturated rings. The Morgan fingerprint density at radius 2 is 0.839 bits per heavy atom. The average Bonchev–Trinajstić information content (AvgIpc) is 3.74. The van der Waals surface area contributed by atoms with Gasteiger partial charge < -0.3 is 9.32 Å². The summed E-state index contributed by atoms with van der Waals surface area (Å²) in [5, 5.41) is 9.55. The van der Waals surface area contributed by atoms with Gasteiger partial charge in [-0.2, -0.15) is 0 Å². The Morgan fingerprint density at radius 1 is 0.290 bits per heavy atom. The van der Waals surface area contributed by atoms with Crippen molar-refractivity contribution in [1.82, 2.24) is 0 Å². The van der Waals surface area contributed by atoms with Crippen LogP contribution in [-0.4, -0.2) is 0 Å². The third-order valence-corrected chi connectivity index (χ3v) is 12.4. The topological polar surface area (TPSA) is 16.4 Å². The lowest BCUT2D eigenvalue weighted by Gasteiger charge is -2.28. The molecule has 11 aromatic carbocycles. The number of benzene rings is 11. The molecule has 0 amide bonds. The first-order valence-corrected chi connectivity index (χ1v) is 21.2. The highest BCUT2D eigenvalue weighted by atomic mass is 16.3. The first kappa shape index (κ1) is 35.7. The Balaban J connectivity index is 1.08. The molecule has 2 heteroatoms. The number of fused-ring (bicyclic) bond motifs is 7. The summed E-state index contributed by atoms with van der Waals surface area (Å²) in [6, 6.07) is 85.5. The van der Waals surface area contributed by atoms with E-state index in [0.717, 1.165) is 66.8 Å². The first-order valence-electron chi connectivity index (χ1n) is 21.2. The van der Waals surface area contributed by atoms with Gasteiger partial charge in [0, 0.05) is 22.3 Å². The van der Waals surface area contributed by atoms with Gasteiger partial charge in [-0.1, -0.05) is 182 Å². The summed E-state index contributed by atoms with van der Waals surface area (Å²) in [7, 11) is 0. The van der Waals surface area contributed by atoms with Crippen molar-refractivity contribution in [3.63, 3.8) is 0 Å². The van der Waals surface area contributed by atoms with Gasteiger partial charge in [0.05, 0.1) is 11.1 Å². The van der Waals surface area contributed by atoms with E-state index in [4.69, 9.17) is 4.42 Å². The molecule has 0 bridgehead atoms. The van der Waals surface area contributed by atoms with Crippen molar-refractivity contribution < 1.29 is 4.42 Å². The van der Waals surface area contributed by atoms with Crippen molar-refractivity contribution in [2.24, 2.45) is 0 Å². The predicted octanol–water partition coefficient (Wildman–Crippen LogP) is 17.2. The molecule has 0 saturated carbocycles. The molecule has 0 saturated heterocycles. The summed E-state index contributed by atoms with van der Waals surface area (Å²) in [6.45, 7) is 0. The van der Waals surface area contributed by atoms with E-state index in [-0.39, 0.29) is 0 Å². The van der Waals surface area contributed by atoms with Crippen LogP contribution in [0.15, 0.2) is 241 Å². The first-order chi connectivity index (χ1) is 30.7. The zero-order valence-corrected chi connectivity index (χ0v) is 33.9. The zero-order valence-electron chi connectivity index (χ0n) is 33.9. The predicted molar refractivity (Wildman–Crippen MR) is 263 cm³/mol. The summed E-state index contributed by atoms with van der Waals surface area (Å²) in [6.07, 6.45) is 0. The SMILES string of the molecule is c1ccc(-c2ccc(-c3cccc(N(c4cccc(-c5cc6ccccc6c6ccccc56)c4)c4ccc(-c5ccc6ccccc6c5)c5oc6ccccc6c45)c3)cc2)cc1. The standard InChI is InChI=1S/C60H39NO/c1-2-14-40(15-3-1)42-28-30-43(31-29-42)45-19-12-21-49(37-45)61(50-22-13-20-46(38-50)56-39-47-18-6-7-23-51(47)53-24-8-9-25-54(53)56)57-35-34-52(48-33-32-41-16-4-5-17-44(41)36-48)60-59(57)55-26-10-11-27-58(55)62-60/h1-39H. The normalized spacial score (nSPS) is 11.5. The number of anilines is 3. The van der Waals surface area contributed by atoms with Gasteiger partial charge in [-0.25, -0.2) is 0 Å². The lowest BCUT2D eigenvalue weighted by molar-refractivity contribution is 0.670. The van der Waals surface area contributed by atoms with E-state index in [1.165, 1.54) is 49.0 Å². The molecule has 290 valence electrons. The van der Waals surface area contributed by atoms with Gasteiger partial charge in [0.25, 0.3) is 0 Å². The zero-order chi connectivity index (χ0) is 41.0. The van der Waals surface area contributed by atoms with E-state index in [9.17, 15) is 0 Å². The van der Waals surface area contributed by atoms with Crippen molar-refractivity contribution in [2.75, 3.05) is 4.90 Å². The molecule has 0 spiro atoms. The highest BCUT2D eigenvalue weighted by Crippen LogP contribution is 2.48. The summed E-state index contributed by atoms with van der Waals surface area (Å²) in [4.78, 5) is 2.42. The molecule has 1 aromatic heterocycles. The minimum absolute atomic E-state index is 0.862. The van der Waals surface area contributed by atoms with Crippen molar-refractivity contribution in [1.29, 1.82) is 0 Å². The molecule has 2 nitrogen and oxygen atoms in total. The van der Waals surface area contributed by atoms with E-state index in [1.54, 1.807) is 0 Å². The largest absolute Gasteiger partial charge is 0.455 e. The average molecular weight is 790 g/mol. The van der Waals surface area contributed by atoms with Crippen molar-refractivity contribution in [3.8, 4) is 44.5 Å². The molecule has 0 radical (unpaired) electrons. The van der Waals surface area contributed by atoms with Gasteiger partial charge in [-0.3, -0.25) is 0 Å². The van der Waals surface area contributed by atoms with E-state index in [0.29, 0.717) is 0 Å². The van der Waals surface area contributed by atoms with E-state index >= 15 is 0 Å². The molecule has 0 aliphatic carbocycles. The number of nitrogens with zero attached hydrogens (tertiary/aromatic N) is 1. The minimum Gasteiger partial charge on any atom is -0.455 e. The van der Waals surface area contributed by atoms with E-state index in [2.05, 4.69) is 241 Å². The molecule has 1 heterocycles. The monoisotopic (exact) mass is 789 g/mol. The second-order valence-electron chi connectivity index (χ2n) is 16.1. The number of rotatable bonds is 7. The Hall–Kier alpha value is -8.20. The molecular formula is C60H39NO. The van der Waals surface area contributed by atoms with Gasteiger partial charge in [0.2, 0.25) is 0 Å². The van der Waals surface area contributed by atoms with Gasteiger partial charge >= 0.3 is 0 Å². The molecule has 0 unspecified atom stereocenters. The van der Waals surface area contributed by atoms with Crippen LogP contribution >= 0.6 is 0 Å². The van der Waals surface area contributed by atoms with E-state index in [1.807, 2.05) is 0 Å². The second kappa shape index (κ2) is 14.8.